The largest absolute Gasteiger partial charge is 0.365 e. The molecule has 0 atom stereocenters. The third-order valence-electron chi connectivity index (χ3n) is 4.57. The van der Waals surface area contributed by atoms with Gasteiger partial charge in [-0.15, -0.1) is 11.3 Å². The van der Waals surface area contributed by atoms with Crippen molar-refractivity contribution in [2.75, 3.05) is 16.2 Å². The van der Waals surface area contributed by atoms with Gasteiger partial charge in [-0.2, -0.15) is 5.26 Å². The van der Waals surface area contributed by atoms with E-state index in [1.165, 1.54) is 22.6 Å². The Labute approximate surface area is 162 Å². The normalized spacial score (nSPS) is 13.7. The molecule has 1 aromatic heterocycles. The zero-order chi connectivity index (χ0) is 18.9. The number of nitrogens with one attached hydrogen (secondary N) is 1. The number of para-hydroxylation sites is 2. The molecule has 3 aromatic rings. The fourth-order valence-electron chi connectivity index (χ4n) is 3.23. The Morgan fingerprint density at radius 1 is 1.11 bits per heavy atom. The van der Waals surface area contributed by atoms with Gasteiger partial charge in [-0.25, -0.2) is 8.42 Å². The summed E-state index contributed by atoms with van der Waals surface area (Å²) >= 11 is 1.77. The standard InChI is InChI=1S/C20H17N3O2S2/c21-13-15-4-3-5-17(12-15)27(24,25)22-18-6-1-2-7-19(18)23-10-8-20-16(14-23)9-11-26-20/h1-7,9,11-12,22H,8,10,14H2. The molecular weight excluding hydrogens is 378 g/mol. The number of thiophene rings is 1. The summed E-state index contributed by atoms with van der Waals surface area (Å²) in [7, 11) is -3.78. The second kappa shape index (κ2) is 7.06. The SMILES string of the molecule is N#Cc1cccc(S(=O)(=O)Nc2ccccc2N2CCc3sccc3C2)c1. The molecule has 7 heteroatoms. The summed E-state index contributed by atoms with van der Waals surface area (Å²) in [6, 6.07) is 17.5. The van der Waals surface area contributed by atoms with Crippen LogP contribution in [0.15, 0.2) is 64.9 Å². The number of rotatable bonds is 4. The monoisotopic (exact) mass is 395 g/mol. The molecule has 0 aliphatic carbocycles. The lowest BCUT2D eigenvalue weighted by Crippen LogP contribution is -2.30. The molecule has 27 heavy (non-hydrogen) atoms. The van der Waals surface area contributed by atoms with Crippen LogP contribution >= 0.6 is 11.3 Å². The van der Waals surface area contributed by atoms with Crippen molar-refractivity contribution >= 4 is 32.7 Å². The number of benzene rings is 2. The average Bonchev–Trinajstić information content (AvgIpc) is 3.16. The van der Waals surface area contributed by atoms with E-state index in [0.29, 0.717) is 11.3 Å². The molecule has 0 bridgehead atoms. The molecule has 1 N–H and O–H groups in total. The van der Waals surface area contributed by atoms with Crippen LogP contribution in [0.5, 0.6) is 0 Å². The van der Waals surface area contributed by atoms with Gasteiger partial charge < -0.3 is 4.90 Å². The number of fused-ring (bicyclic) bond motifs is 1. The van der Waals surface area contributed by atoms with Crippen LogP contribution in [0, 0.1) is 11.3 Å². The lowest BCUT2D eigenvalue weighted by Gasteiger charge is -2.30. The lowest BCUT2D eigenvalue weighted by atomic mass is 10.1. The molecule has 2 aromatic carbocycles. The Hall–Kier alpha value is -2.82. The summed E-state index contributed by atoms with van der Waals surface area (Å²) in [5.74, 6) is 0. The van der Waals surface area contributed by atoms with Gasteiger partial charge in [0, 0.05) is 18.0 Å². The molecule has 0 fully saturated rings. The Kier molecular flexibility index (Phi) is 4.60. The topological polar surface area (TPSA) is 73.2 Å². The Balaban J connectivity index is 1.65. The molecule has 0 radical (unpaired) electrons. The van der Waals surface area contributed by atoms with Crippen LogP contribution in [0.1, 0.15) is 16.0 Å². The highest BCUT2D eigenvalue weighted by Gasteiger charge is 2.22. The quantitative estimate of drug-likeness (QED) is 0.725. The summed E-state index contributed by atoms with van der Waals surface area (Å²) in [5.41, 5.74) is 3.01. The molecule has 0 unspecified atom stereocenters. The molecule has 1 aliphatic heterocycles. The maximum absolute atomic E-state index is 12.8. The minimum atomic E-state index is -3.78. The van der Waals surface area contributed by atoms with E-state index in [1.54, 1.807) is 29.5 Å². The fraction of sp³-hybridized carbons (Fsp3) is 0.150. The van der Waals surface area contributed by atoms with Crippen molar-refractivity contribution in [1.29, 1.82) is 5.26 Å². The van der Waals surface area contributed by atoms with Gasteiger partial charge in [0.2, 0.25) is 0 Å². The zero-order valence-corrected chi connectivity index (χ0v) is 16.1. The third-order valence-corrected chi connectivity index (χ3v) is 6.96. The van der Waals surface area contributed by atoms with Crippen molar-refractivity contribution in [2.45, 2.75) is 17.9 Å². The van der Waals surface area contributed by atoms with E-state index < -0.39 is 10.0 Å². The van der Waals surface area contributed by atoms with Gasteiger partial charge in [-0.1, -0.05) is 18.2 Å². The maximum atomic E-state index is 12.8. The first kappa shape index (κ1) is 17.6. The van der Waals surface area contributed by atoms with E-state index in [4.69, 9.17) is 5.26 Å². The number of hydrogen-bond donors (Lipinski definition) is 1. The van der Waals surface area contributed by atoms with E-state index in [2.05, 4.69) is 21.1 Å². The Morgan fingerprint density at radius 2 is 1.96 bits per heavy atom. The molecule has 0 saturated heterocycles. The van der Waals surface area contributed by atoms with Crippen LogP contribution < -0.4 is 9.62 Å². The third kappa shape index (κ3) is 3.54. The first-order chi connectivity index (χ1) is 13.1. The average molecular weight is 396 g/mol. The maximum Gasteiger partial charge on any atom is 0.262 e. The second-order valence-corrected chi connectivity index (χ2v) is 8.99. The van der Waals surface area contributed by atoms with Gasteiger partial charge in [0.05, 0.1) is 27.9 Å². The van der Waals surface area contributed by atoms with Crippen LogP contribution in [-0.2, 0) is 23.0 Å². The highest BCUT2D eigenvalue weighted by Crippen LogP contribution is 2.33. The van der Waals surface area contributed by atoms with Crippen molar-refractivity contribution < 1.29 is 8.42 Å². The van der Waals surface area contributed by atoms with Crippen LogP contribution in [0.4, 0.5) is 11.4 Å². The first-order valence-corrected chi connectivity index (χ1v) is 10.9. The minimum Gasteiger partial charge on any atom is -0.365 e. The highest BCUT2D eigenvalue weighted by molar-refractivity contribution is 7.92. The molecule has 0 saturated carbocycles. The summed E-state index contributed by atoms with van der Waals surface area (Å²) in [6.45, 7) is 1.61. The van der Waals surface area contributed by atoms with Crippen molar-refractivity contribution in [3.8, 4) is 6.07 Å². The summed E-state index contributed by atoms with van der Waals surface area (Å²) in [4.78, 5) is 3.67. The highest BCUT2D eigenvalue weighted by atomic mass is 32.2. The van der Waals surface area contributed by atoms with Crippen LogP contribution in [0.25, 0.3) is 0 Å². The van der Waals surface area contributed by atoms with Crippen molar-refractivity contribution in [2.24, 2.45) is 0 Å². The van der Waals surface area contributed by atoms with Gasteiger partial charge in [-0.05, 0) is 53.8 Å². The van der Waals surface area contributed by atoms with Crippen molar-refractivity contribution in [3.63, 3.8) is 0 Å². The zero-order valence-electron chi connectivity index (χ0n) is 14.4. The molecule has 4 rings (SSSR count). The predicted octanol–water partition coefficient (Wildman–Crippen LogP) is 3.98. The van der Waals surface area contributed by atoms with Crippen molar-refractivity contribution in [3.05, 3.63) is 76.0 Å². The minimum absolute atomic E-state index is 0.0788. The number of nitrogens with zero attached hydrogens (tertiary/aromatic N) is 2. The lowest BCUT2D eigenvalue weighted by molar-refractivity contribution is 0.601. The van der Waals surface area contributed by atoms with E-state index in [-0.39, 0.29) is 4.90 Å². The molecule has 0 amide bonds. The molecule has 0 spiro atoms. The second-order valence-electron chi connectivity index (χ2n) is 6.30. The van der Waals surface area contributed by atoms with Crippen LogP contribution in [0.3, 0.4) is 0 Å². The van der Waals surface area contributed by atoms with Gasteiger partial charge in [0.15, 0.2) is 0 Å². The van der Waals surface area contributed by atoms with Gasteiger partial charge >= 0.3 is 0 Å². The molecule has 2 heterocycles. The Morgan fingerprint density at radius 3 is 2.81 bits per heavy atom. The first-order valence-electron chi connectivity index (χ1n) is 8.49. The van der Waals surface area contributed by atoms with Crippen LogP contribution in [0.2, 0.25) is 0 Å². The fourth-order valence-corrected chi connectivity index (χ4v) is 5.24. The van der Waals surface area contributed by atoms with Gasteiger partial charge in [0.25, 0.3) is 10.0 Å². The number of hydrogen-bond acceptors (Lipinski definition) is 5. The predicted molar refractivity (Wildman–Crippen MR) is 107 cm³/mol. The molecular formula is C20H17N3O2S2. The molecule has 5 nitrogen and oxygen atoms in total. The molecule has 1 aliphatic rings. The summed E-state index contributed by atoms with van der Waals surface area (Å²) in [6.07, 6.45) is 0.957. The van der Waals surface area contributed by atoms with Crippen LogP contribution in [-0.4, -0.2) is 15.0 Å². The van der Waals surface area contributed by atoms with E-state index in [9.17, 15) is 8.42 Å². The molecule has 136 valence electrons. The Bertz CT molecular complexity index is 1130. The number of sulfonamides is 1. The summed E-state index contributed by atoms with van der Waals surface area (Å²) < 4.78 is 28.3. The number of anilines is 2. The summed E-state index contributed by atoms with van der Waals surface area (Å²) in [5, 5.41) is 11.1. The van der Waals surface area contributed by atoms with Crippen molar-refractivity contribution in [1.82, 2.24) is 0 Å². The smallest absolute Gasteiger partial charge is 0.262 e. The van der Waals surface area contributed by atoms with Gasteiger partial charge in [-0.3, -0.25) is 4.72 Å². The van der Waals surface area contributed by atoms with E-state index >= 15 is 0 Å². The van der Waals surface area contributed by atoms with E-state index in [1.807, 2.05) is 24.3 Å². The number of nitriles is 1. The van der Waals surface area contributed by atoms with E-state index in [0.717, 1.165) is 25.2 Å². The van der Waals surface area contributed by atoms with Gasteiger partial charge in [0.1, 0.15) is 0 Å².